The number of anilines is 3. The Morgan fingerprint density at radius 2 is 0.683 bits per heavy atom. The van der Waals surface area contributed by atoms with E-state index in [2.05, 4.69) is 266 Å². The molecule has 0 unspecified atom stereocenters. The lowest BCUT2D eigenvalue weighted by atomic mass is 9.91. The molecule has 284 valence electrons. The summed E-state index contributed by atoms with van der Waals surface area (Å²) >= 11 is 0. The van der Waals surface area contributed by atoms with Crippen LogP contribution in [-0.4, -0.2) is 8.07 Å². The monoisotopic (exact) mass is 781 g/mol. The van der Waals surface area contributed by atoms with Crippen LogP contribution in [0.3, 0.4) is 0 Å². The van der Waals surface area contributed by atoms with Crippen LogP contribution in [-0.2, 0) is 0 Å². The van der Waals surface area contributed by atoms with Gasteiger partial charge in [-0.05, 0) is 95.9 Å². The molecule has 0 aliphatic rings. The van der Waals surface area contributed by atoms with Gasteiger partial charge in [0.2, 0.25) is 0 Å². The van der Waals surface area contributed by atoms with Crippen LogP contribution in [0, 0.1) is 0 Å². The molecule has 0 fully saturated rings. The Labute approximate surface area is 354 Å². The lowest BCUT2D eigenvalue weighted by molar-refractivity contribution is 1.30. The molecule has 60 heavy (non-hydrogen) atoms. The molecule has 0 aliphatic heterocycles. The van der Waals surface area contributed by atoms with Crippen LogP contribution in [0.25, 0.3) is 44.2 Å². The van der Waals surface area contributed by atoms with Crippen molar-refractivity contribution in [2.75, 3.05) is 4.90 Å². The van der Waals surface area contributed by atoms with E-state index in [1.54, 1.807) is 0 Å². The molecule has 0 amide bonds. The maximum absolute atomic E-state index is 2.68. The normalized spacial score (nSPS) is 11.3. The Hall–Kier alpha value is -7.52. The van der Waals surface area contributed by atoms with Crippen molar-refractivity contribution in [2.24, 2.45) is 0 Å². The highest BCUT2D eigenvalue weighted by molar-refractivity contribution is 7.19. The first-order valence-electron chi connectivity index (χ1n) is 20.7. The van der Waals surface area contributed by atoms with Gasteiger partial charge in [0, 0.05) is 16.8 Å². The van der Waals surface area contributed by atoms with Crippen LogP contribution in [0.15, 0.2) is 261 Å². The van der Waals surface area contributed by atoms with Crippen molar-refractivity contribution in [3.05, 3.63) is 261 Å². The van der Waals surface area contributed by atoms with E-state index < -0.39 is 8.07 Å². The molecule has 0 atom stereocenters. The second-order valence-electron chi connectivity index (χ2n) is 15.3. The third-order valence-electron chi connectivity index (χ3n) is 11.8. The van der Waals surface area contributed by atoms with Crippen molar-refractivity contribution >= 4 is 56.7 Å². The predicted octanol–water partition coefficient (Wildman–Crippen LogP) is 12.7. The summed E-state index contributed by atoms with van der Waals surface area (Å²) in [6, 6.07) is 95.5. The quantitative estimate of drug-likeness (QED) is 0.0987. The molecule has 10 aromatic rings. The van der Waals surface area contributed by atoms with Crippen molar-refractivity contribution in [3.63, 3.8) is 0 Å². The molecule has 0 spiro atoms. The summed E-state index contributed by atoms with van der Waals surface area (Å²) in [4.78, 5) is 2.42. The maximum Gasteiger partial charge on any atom is 0.179 e. The molecule has 2 heteroatoms. The van der Waals surface area contributed by atoms with Crippen molar-refractivity contribution < 1.29 is 0 Å². The second-order valence-corrected chi connectivity index (χ2v) is 19.1. The molecule has 1 nitrogen and oxygen atoms in total. The van der Waals surface area contributed by atoms with Gasteiger partial charge < -0.3 is 4.90 Å². The third kappa shape index (κ3) is 6.83. The van der Waals surface area contributed by atoms with Crippen molar-refractivity contribution in [3.8, 4) is 33.4 Å². The van der Waals surface area contributed by atoms with E-state index in [1.165, 1.54) is 64.9 Å². The van der Waals surface area contributed by atoms with Gasteiger partial charge in [-0.15, -0.1) is 0 Å². The standard InChI is InChI=1S/C58H43NSi/c1-6-19-45(20-7-1)55-42-35-48(43-57(55)47-21-8-2-9-22-47)44-33-36-49(37-34-44)59(58-32-18-24-46-23-16-17-31-56(46)58)50-38-40-54(41-39-50)60(51-25-10-3-11-26-51,52-27-12-4-13-28-52)53-29-14-5-15-30-53/h1-43H. The van der Waals surface area contributed by atoms with Crippen LogP contribution >= 0.6 is 0 Å². The summed E-state index contributed by atoms with van der Waals surface area (Å²) in [7, 11) is -2.68. The summed E-state index contributed by atoms with van der Waals surface area (Å²) in [5, 5.41) is 7.86. The molecule has 10 rings (SSSR count). The number of hydrogen-bond acceptors (Lipinski definition) is 1. The number of nitrogens with zero attached hydrogens (tertiary/aromatic N) is 1. The first kappa shape index (κ1) is 36.8. The van der Waals surface area contributed by atoms with Gasteiger partial charge in [0.15, 0.2) is 8.07 Å². The number of rotatable bonds is 10. The van der Waals surface area contributed by atoms with E-state index in [4.69, 9.17) is 0 Å². The highest BCUT2D eigenvalue weighted by Gasteiger charge is 2.41. The van der Waals surface area contributed by atoms with Crippen LogP contribution < -0.4 is 25.6 Å². The minimum Gasteiger partial charge on any atom is -0.310 e. The molecule has 10 aromatic carbocycles. The van der Waals surface area contributed by atoms with Gasteiger partial charge >= 0.3 is 0 Å². The lowest BCUT2D eigenvalue weighted by Gasteiger charge is -2.35. The smallest absolute Gasteiger partial charge is 0.179 e. The zero-order chi connectivity index (χ0) is 40.1. The summed E-state index contributed by atoms with van der Waals surface area (Å²) in [5.41, 5.74) is 10.6. The number of fused-ring (bicyclic) bond motifs is 1. The van der Waals surface area contributed by atoms with E-state index >= 15 is 0 Å². The Kier molecular flexibility index (Phi) is 10.0. The first-order chi connectivity index (χ1) is 29.8. The Balaban J connectivity index is 1.10. The summed E-state index contributed by atoms with van der Waals surface area (Å²) in [5.74, 6) is 0. The first-order valence-corrected chi connectivity index (χ1v) is 22.7. The zero-order valence-electron chi connectivity index (χ0n) is 33.3. The largest absolute Gasteiger partial charge is 0.310 e. The van der Waals surface area contributed by atoms with Crippen molar-refractivity contribution in [1.82, 2.24) is 0 Å². The fraction of sp³-hybridized carbons (Fsp3) is 0. The lowest BCUT2D eigenvalue weighted by Crippen LogP contribution is -2.74. The Morgan fingerprint density at radius 1 is 0.267 bits per heavy atom. The van der Waals surface area contributed by atoms with Gasteiger partial charge in [0.25, 0.3) is 0 Å². The minimum absolute atomic E-state index is 1.10. The highest BCUT2D eigenvalue weighted by Crippen LogP contribution is 2.40. The second kappa shape index (κ2) is 16.4. The highest BCUT2D eigenvalue weighted by atomic mass is 28.3. The molecule has 0 radical (unpaired) electrons. The van der Waals surface area contributed by atoms with Gasteiger partial charge in [-0.1, -0.05) is 224 Å². The van der Waals surface area contributed by atoms with Gasteiger partial charge in [-0.2, -0.15) is 0 Å². The van der Waals surface area contributed by atoms with Crippen molar-refractivity contribution in [2.45, 2.75) is 0 Å². The van der Waals surface area contributed by atoms with E-state index in [1.807, 2.05) is 0 Å². The molecular weight excluding hydrogens is 739 g/mol. The van der Waals surface area contributed by atoms with E-state index in [-0.39, 0.29) is 0 Å². The average molecular weight is 782 g/mol. The van der Waals surface area contributed by atoms with Gasteiger partial charge in [-0.3, -0.25) is 0 Å². The average Bonchev–Trinajstić information content (AvgIpc) is 3.34. The van der Waals surface area contributed by atoms with E-state index in [0.717, 1.165) is 17.1 Å². The zero-order valence-corrected chi connectivity index (χ0v) is 34.3. The topological polar surface area (TPSA) is 3.24 Å². The van der Waals surface area contributed by atoms with Crippen LogP contribution in [0.2, 0.25) is 0 Å². The molecule has 0 aromatic heterocycles. The summed E-state index contributed by atoms with van der Waals surface area (Å²) < 4.78 is 0. The molecular formula is C58H43NSi. The van der Waals surface area contributed by atoms with Crippen LogP contribution in [0.1, 0.15) is 0 Å². The summed E-state index contributed by atoms with van der Waals surface area (Å²) in [6.45, 7) is 0. The van der Waals surface area contributed by atoms with Gasteiger partial charge in [0.05, 0.1) is 5.69 Å². The summed E-state index contributed by atoms with van der Waals surface area (Å²) in [6.07, 6.45) is 0. The molecule has 0 N–H and O–H groups in total. The number of benzene rings is 10. The van der Waals surface area contributed by atoms with Gasteiger partial charge in [0.1, 0.15) is 0 Å². The fourth-order valence-electron chi connectivity index (χ4n) is 9.01. The van der Waals surface area contributed by atoms with Crippen LogP contribution in [0.5, 0.6) is 0 Å². The minimum atomic E-state index is -2.68. The third-order valence-corrected chi connectivity index (χ3v) is 16.6. The molecule has 0 saturated heterocycles. The molecule has 0 saturated carbocycles. The Bertz CT molecular complexity index is 2880. The Morgan fingerprint density at radius 3 is 1.23 bits per heavy atom. The van der Waals surface area contributed by atoms with Crippen molar-refractivity contribution in [1.29, 1.82) is 0 Å². The fourth-order valence-corrected chi connectivity index (χ4v) is 13.8. The van der Waals surface area contributed by atoms with Crippen LogP contribution in [0.4, 0.5) is 17.1 Å². The molecule has 0 aliphatic carbocycles. The predicted molar refractivity (Wildman–Crippen MR) is 259 cm³/mol. The van der Waals surface area contributed by atoms with Gasteiger partial charge in [-0.25, -0.2) is 0 Å². The maximum atomic E-state index is 2.42. The molecule has 0 heterocycles. The molecule has 0 bridgehead atoms. The van der Waals surface area contributed by atoms with E-state index in [0.29, 0.717) is 0 Å². The SMILES string of the molecule is c1ccc(-c2ccc(-c3ccc(N(c4ccc([Si](c5ccccc5)(c5ccccc5)c5ccccc5)cc4)c4cccc5ccccc45)cc3)cc2-c2ccccc2)cc1. The number of hydrogen-bond donors (Lipinski definition) is 0. The van der Waals surface area contributed by atoms with E-state index in [9.17, 15) is 0 Å².